The summed E-state index contributed by atoms with van der Waals surface area (Å²) in [5.74, 6) is 6.51. The lowest BCUT2D eigenvalue weighted by Crippen LogP contribution is -2.49. The van der Waals surface area contributed by atoms with E-state index >= 15 is 0 Å². The zero-order chi connectivity index (χ0) is 14.8. The molecule has 114 valence electrons. The first-order chi connectivity index (χ1) is 10.2. The number of piperidine rings is 1. The fraction of sp³-hybridized carbons (Fsp3) is 0.600. The van der Waals surface area contributed by atoms with Crippen molar-refractivity contribution >= 4 is 23.3 Å². The third-order valence-corrected chi connectivity index (χ3v) is 4.89. The Hall–Kier alpha value is -1.33. The Morgan fingerprint density at radius 1 is 1.29 bits per heavy atom. The normalized spacial score (nSPS) is 25.3. The van der Waals surface area contributed by atoms with E-state index in [2.05, 4.69) is 10.4 Å². The third kappa shape index (κ3) is 2.99. The van der Waals surface area contributed by atoms with Gasteiger partial charge < -0.3 is 10.3 Å². The second kappa shape index (κ2) is 6.20. The molecule has 2 atom stereocenters. The summed E-state index contributed by atoms with van der Waals surface area (Å²) in [5.41, 5.74) is 3.02. The van der Waals surface area contributed by atoms with Crippen molar-refractivity contribution in [3.8, 4) is 0 Å². The minimum atomic E-state index is 0.0485. The van der Waals surface area contributed by atoms with E-state index in [0.717, 1.165) is 19.4 Å². The lowest BCUT2D eigenvalue weighted by Gasteiger charge is -2.44. The maximum absolute atomic E-state index is 12.8. The summed E-state index contributed by atoms with van der Waals surface area (Å²) in [6.45, 7) is 0.839. The third-order valence-electron chi connectivity index (χ3n) is 4.69. The van der Waals surface area contributed by atoms with E-state index in [1.54, 1.807) is 12.1 Å². The van der Waals surface area contributed by atoms with Crippen molar-refractivity contribution in [1.82, 2.24) is 9.88 Å². The molecule has 2 heterocycles. The van der Waals surface area contributed by atoms with Crippen LogP contribution in [0.25, 0.3) is 0 Å². The van der Waals surface area contributed by atoms with Gasteiger partial charge in [0.05, 0.1) is 0 Å². The van der Waals surface area contributed by atoms with Gasteiger partial charge in [0, 0.05) is 18.2 Å². The minimum absolute atomic E-state index is 0.0485. The van der Waals surface area contributed by atoms with Gasteiger partial charge in [-0.2, -0.15) is 0 Å². The summed E-state index contributed by atoms with van der Waals surface area (Å²) in [6.07, 6.45) is 7.23. The molecular weight excluding hydrogens is 288 g/mol. The van der Waals surface area contributed by atoms with Crippen molar-refractivity contribution in [2.45, 2.75) is 44.6 Å². The summed E-state index contributed by atoms with van der Waals surface area (Å²) in [6, 6.07) is 3.68. The molecule has 1 aromatic rings. The number of nitrogens with one attached hydrogen (secondary N) is 1. The fourth-order valence-electron chi connectivity index (χ4n) is 3.74. The van der Waals surface area contributed by atoms with Crippen LogP contribution >= 0.6 is 11.6 Å². The van der Waals surface area contributed by atoms with Gasteiger partial charge in [0.2, 0.25) is 0 Å². The molecule has 0 spiro atoms. The van der Waals surface area contributed by atoms with Gasteiger partial charge in [0.15, 0.2) is 0 Å². The number of carbonyl (C=O) groups excluding carboxylic acids is 1. The maximum Gasteiger partial charge on any atom is 0.254 e. The lowest BCUT2D eigenvalue weighted by molar-refractivity contribution is 0.0390. The molecule has 0 aromatic carbocycles. The number of carbonyl (C=O) groups is 1. The van der Waals surface area contributed by atoms with E-state index < -0.39 is 0 Å². The Kier molecular flexibility index (Phi) is 4.31. The molecule has 1 aliphatic carbocycles. The van der Waals surface area contributed by atoms with Crippen LogP contribution in [0.4, 0.5) is 5.82 Å². The zero-order valence-corrected chi connectivity index (χ0v) is 12.8. The largest absolute Gasteiger partial charge is 0.335 e. The first kappa shape index (κ1) is 14.6. The summed E-state index contributed by atoms with van der Waals surface area (Å²) in [4.78, 5) is 18.9. The van der Waals surface area contributed by atoms with Gasteiger partial charge >= 0.3 is 0 Å². The highest BCUT2D eigenvalue weighted by Crippen LogP contribution is 2.36. The SMILES string of the molecule is NNc1cc(C(=O)N2CCCC3CCCCC32)cc(Cl)n1. The number of pyridine rings is 1. The van der Waals surface area contributed by atoms with Crippen LogP contribution < -0.4 is 11.3 Å². The van der Waals surface area contributed by atoms with Gasteiger partial charge in [-0.3, -0.25) is 4.79 Å². The molecule has 1 saturated heterocycles. The predicted octanol–water partition coefficient (Wildman–Crippen LogP) is 2.82. The highest BCUT2D eigenvalue weighted by atomic mass is 35.5. The average Bonchev–Trinajstić information content (AvgIpc) is 2.53. The molecule has 2 fully saturated rings. The molecule has 0 radical (unpaired) electrons. The van der Waals surface area contributed by atoms with Crippen LogP contribution in [0.3, 0.4) is 0 Å². The minimum Gasteiger partial charge on any atom is -0.335 e. The number of amides is 1. The average molecular weight is 309 g/mol. The number of nitrogen functional groups attached to an aromatic ring is 1. The molecule has 1 aromatic heterocycles. The second-order valence-corrected chi connectivity index (χ2v) is 6.35. The number of rotatable bonds is 2. The van der Waals surface area contributed by atoms with E-state index in [0.29, 0.717) is 23.3 Å². The number of hydrogen-bond acceptors (Lipinski definition) is 4. The summed E-state index contributed by atoms with van der Waals surface area (Å²) in [5, 5.41) is 0.283. The summed E-state index contributed by atoms with van der Waals surface area (Å²) < 4.78 is 0. The molecule has 2 unspecified atom stereocenters. The topological polar surface area (TPSA) is 71.2 Å². The molecule has 0 bridgehead atoms. The standard InChI is InChI=1S/C15H21ClN4O/c16-13-8-11(9-14(18-13)19-17)15(21)20-7-3-5-10-4-1-2-6-12(10)20/h8-10,12H,1-7,17H2,(H,18,19). The molecule has 21 heavy (non-hydrogen) atoms. The van der Waals surface area contributed by atoms with Gasteiger partial charge in [-0.05, 0) is 43.7 Å². The van der Waals surface area contributed by atoms with Gasteiger partial charge in [0.25, 0.3) is 5.91 Å². The predicted molar refractivity (Wildman–Crippen MR) is 83.1 cm³/mol. The molecule has 6 heteroatoms. The van der Waals surface area contributed by atoms with Crippen LogP contribution in [0.5, 0.6) is 0 Å². The first-order valence-electron chi connectivity index (χ1n) is 7.64. The molecule has 2 aliphatic rings. The number of aromatic nitrogens is 1. The van der Waals surface area contributed by atoms with E-state index in [4.69, 9.17) is 17.4 Å². The number of likely N-dealkylation sites (tertiary alicyclic amines) is 1. The van der Waals surface area contributed by atoms with E-state index in [9.17, 15) is 4.79 Å². The lowest BCUT2D eigenvalue weighted by atomic mass is 9.78. The number of fused-ring (bicyclic) bond motifs is 1. The smallest absolute Gasteiger partial charge is 0.254 e. The van der Waals surface area contributed by atoms with Crippen LogP contribution in [0.1, 0.15) is 48.9 Å². The molecule has 5 nitrogen and oxygen atoms in total. The number of hydrazine groups is 1. The zero-order valence-electron chi connectivity index (χ0n) is 12.0. The van der Waals surface area contributed by atoms with Crippen molar-refractivity contribution < 1.29 is 4.79 Å². The van der Waals surface area contributed by atoms with Crippen LogP contribution in [-0.4, -0.2) is 28.4 Å². The van der Waals surface area contributed by atoms with Crippen molar-refractivity contribution in [2.75, 3.05) is 12.0 Å². The Bertz CT molecular complexity index is 534. The van der Waals surface area contributed by atoms with Crippen LogP contribution in [0.15, 0.2) is 12.1 Å². The van der Waals surface area contributed by atoms with Crippen molar-refractivity contribution in [3.63, 3.8) is 0 Å². The van der Waals surface area contributed by atoms with Gasteiger partial charge in [-0.1, -0.05) is 24.4 Å². The second-order valence-electron chi connectivity index (χ2n) is 5.96. The Labute approximate surface area is 129 Å². The Morgan fingerprint density at radius 3 is 2.86 bits per heavy atom. The summed E-state index contributed by atoms with van der Waals surface area (Å²) >= 11 is 5.97. The van der Waals surface area contributed by atoms with Crippen molar-refractivity contribution in [3.05, 3.63) is 22.8 Å². The van der Waals surface area contributed by atoms with Gasteiger partial charge in [-0.25, -0.2) is 10.8 Å². The Balaban J connectivity index is 1.85. The van der Waals surface area contributed by atoms with Crippen molar-refractivity contribution in [2.24, 2.45) is 11.8 Å². The molecule has 3 N–H and O–H groups in total. The molecular formula is C15H21ClN4O. The molecule has 3 rings (SSSR count). The quantitative estimate of drug-likeness (QED) is 0.501. The van der Waals surface area contributed by atoms with Crippen LogP contribution in [0.2, 0.25) is 5.15 Å². The summed E-state index contributed by atoms with van der Waals surface area (Å²) in [7, 11) is 0. The highest BCUT2D eigenvalue weighted by Gasteiger charge is 2.36. The Morgan fingerprint density at radius 2 is 2.05 bits per heavy atom. The molecule has 1 saturated carbocycles. The first-order valence-corrected chi connectivity index (χ1v) is 8.02. The molecule has 1 amide bonds. The maximum atomic E-state index is 12.8. The van der Waals surface area contributed by atoms with E-state index in [-0.39, 0.29) is 11.1 Å². The fourth-order valence-corrected chi connectivity index (χ4v) is 3.95. The number of anilines is 1. The molecule has 1 aliphatic heterocycles. The number of hydrogen-bond donors (Lipinski definition) is 2. The number of nitrogens with two attached hydrogens (primary N) is 1. The van der Waals surface area contributed by atoms with Crippen LogP contribution in [-0.2, 0) is 0 Å². The number of nitrogens with zero attached hydrogens (tertiary/aromatic N) is 2. The highest BCUT2D eigenvalue weighted by molar-refractivity contribution is 6.29. The van der Waals surface area contributed by atoms with Gasteiger partial charge in [-0.15, -0.1) is 0 Å². The van der Waals surface area contributed by atoms with Gasteiger partial charge in [0.1, 0.15) is 11.0 Å². The number of halogens is 1. The van der Waals surface area contributed by atoms with Crippen LogP contribution in [0, 0.1) is 5.92 Å². The monoisotopic (exact) mass is 308 g/mol. The van der Waals surface area contributed by atoms with Crippen molar-refractivity contribution in [1.29, 1.82) is 0 Å². The van der Waals surface area contributed by atoms with E-state index in [1.807, 2.05) is 4.90 Å². The van der Waals surface area contributed by atoms with E-state index in [1.165, 1.54) is 25.7 Å².